The average Bonchev–Trinajstić information content (AvgIpc) is 2.57. The Bertz CT molecular complexity index is 404. The maximum atomic E-state index is 9.61. The molecule has 0 aliphatic heterocycles. The molecule has 0 atom stereocenters. The molecule has 4 nitrogen and oxygen atoms in total. The number of hydrogen-bond acceptors (Lipinski definition) is 4. The summed E-state index contributed by atoms with van der Waals surface area (Å²) in [6.07, 6.45) is 8.98. The second kappa shape index (κ2) is 16.3. The molecule has 0 bridgehead atoms. The Labute approximate surface area is 162 Å². The summed E-state index contributed by atoms with van der Waals surface area (Å²) in [5.74, 6) is 0.289. The summed E-state index contributed by atoms with van der Waals surface area (Å²) < 4.78 is 1.54. The van der Waals surface area contributed by atoms with Crippen LogP contribution in [0.3, 0.4) is 0 Å². The molecular formula is C18H31Br2NO3. The molecule has 4 N–H and O–H groups in total. The zero-order valence-electron chi connectivity index (χ0n) is 14.5. The van der Waals surface area contributed by atoms with E-state index in [0.717, 1.165) is 15.4 Å². The van der Waals surface area contributed by atoms with Gasteiger partial charge in [0.25, 0.3) is 0 Å². The lowest BCUT2D eigenvalue weighted by Crippen LogP contribution is -2.21. The number of nitrogens with one attached hydrogen (secondary N) is 1. The van der Waals surface area contributed by atoms with E-state index in [1.165, 1.54) is 44.1 Å². The van der Waals surface area contributed by atoms with Crippen LogP contribution < -0.4 is 5.32 Å². The van der Waals surface area contributed by atoms with Gasteiger partial charge in [0.1, 0.15) is 5.75 Å². The number of phenolic OH excluding ortho intramolecular Hbond substituents is 1. The van der Waals surface area contributed by atoms with E-state index in [1.807, 2.05) is 12.1 Å². The zero-order chi connectivity index (χ0) is 18.2. The molecule has 0 aliphatic carbocycles. The molecule has 0 saturated carbocycles. The predicted molar refractivity (Wildman–Crippen MR) is 108 cm³/mol. The summed E-state index contributed by atoms with van der Waals surface area (Å²) in [5.41, 5.74) is 1.28. The van der Waals surface area contributed by atoms with Gasteiger partial charge < -0.3 is 20.6 Å². The first-order valence-electron chi connectivity index (χ1n) is 8.66. The van der Waals surface area contributed by atoms with E-state index in [0.29, 0.717) is 13.1 Å². The summed E-state index contributed by atoms with van der Waals surface area (Å²) in [5, 5.41) is 28.7. The molecule has 0 saturated heterocycles. The first-order valence-corrected chi connectivity index (χ1v) is 10.2. The average molecular weight is 469 g/mol. The van der Waals surface area contributed by atoms with Gasteiger partial charge in [-0.1, -0.05) is 39.0 Å². The highest BCUT2D eigenvalue weighted by Crippen LogP contribution is 2.33. The largest absolute Gasteiger partial charge is 0.506 e. The van der Waals surface area contributed by atoms with Crippen LogP contribution in [0.25, 0.3) is 0 Å². The predicted octanol–water partition coefficient (Wildman–Crippen LogP) is 4.38. The van der Waals surface area contributed by atoms with Gasteiger partial charge in [-0.25, -0.2) is 0 Å². The number of rotatable bonds is 11. The minimum absolute atomic E-state index is 0.139. The van der Waals surface area contributed by atoms with Gasteiger partial charge in [0.15, 0.2) is 0 Å². The van der Waals surface area contributed by atoms with E-state index < -0.39 is 0 Å². The Kier molecular flexibility index (Phi) is 16.2. The normalized spacial score (nSPS) is 10.4. The van der Waals surface area contributed by atoms with Crippen molar-refractivity contribution in [2.24, 2.45) is 0 Å². The number of aromatic hydroxyl groups is 1. The third-order valence-electron chi connectivity index (χ3n) is 3.47. The summed E-state index contributed by atoms with van der Waals surface area (Å²) in [7, 11) is 0. The lowest BCUT2D eigenvalue weighted by Gasteiger charge is -2.06. The molecule has 0 fully saturated rings. The molecule has 0 aromatic heterocycles. The Morgan fingerprint density at radius 1 is 0.875 bits per heavy atom. The fraction of sp³-hybridized carbons (Fsp3) is 0.667. The fourth-order valence-corrected chi connectivity index (χ4v) is 3.44. The molecule has 140 valence electrons. The van der Waals surface area contributed by atoms with Crippen LogP contribution in [0.5, 0.6) is 5.75 Å². The van der Waals surface area contributed by atoms with Crippen LogP contribution in [0, 0.1) is 0 Å². The van der Waals surface area contributed by atoms with Crippen LogP contribution in [0.1, 0.15) is 51.0 Å². The fourth-order valence-electron chi connectivity index (χ4n) is 2.15. The molecule has 6 heteroatoms. The molecule has 0 unspecified atom stereocenters. The zero-order valence-corrected chi connectivity index (χ0v) is 17.7. The van der Waals surface area contributed by atoms with Crippen LogP contribution in [0.2, 0.25) is 0 Å². The number of phenols is 1. The second-order valence-corrected chi connectivity index (χ2v) is 7.33. The standard InChI is InChI=1S/C14H20Br2O.C4H11NO2/c1-2-3-4-5-6-7-8-11-9-12(15)14(17)13(16)10-11;6-3-1-5-2-4-7/h9-10,17H,2-8H2,1H3;5-7H,1-4H2. The van der Waals surface area contributed by atoms with Crippen molar-refractivity contribution < 1.29 is 15.3 Å². The molecule has 0 aliphatic rings. The highest BCUT2D eigenvalue weighted by atomic mass is 79.9. The lowest BCUT2D eigenvalue weighted by molar-refractivity contribution is 0.266. The van der Waals surface area contributed by atoms with Crippen molar-refractivity contribution in [1.29, 1.82) is 0 Å². The quantitative estimate of drug-likeness (QED) is 0.363. The highest BCUT2D eigenvalue weighted by molar-refractivity contribution is 9.11. The monoisotopic (exact) mass is 467 g/mol. The van der Waals surface area contributed by atoms with Crippen LogP contribution in [0.15, 0.2) is 21.1 Å². The van der Waals surface area contributed by atoms with E-state index >= 15 is 0 Å². The number of aliphatic hydroxyl groups is 2. The van der Waals surface area contributed by atoms with Crippen LogP contribution in [-0.2, 0) is 6.42 Å². The number of benzene rings is 1. The van der Waals surface area contributed by atoms with Gasteiger partial charge in [-0.2, -0.15) is 0 Å². The smallest absolute Gasteiger partial charge is 0.143 e. The van der Waals surface area contributed by atoms with Crippen LogP contribution >= 0.6 is 31.9 Å². The summed E-state index contributed by atoms with van der Waals surface area (Å²) in [6, 6.07) is 4.01. The summed E-state index contributed by atoms with van der Waals surface area (Å²) >= 11 is 6.72. The molecule has 1 aromatic carbocycles. The Morgan fingerprint density at radius 3 is 1.88 bits per heavy atom. The molecule has 0 heterocycles. The molecule has 1 aromatic rings. The topological polar surface area (TPSA) is 72.7 Å². The van der Waals surface area contributed by atoms with Crippen molar-refractivity contribution in [3.63, 3.8) is 0 Å². The maximum absolute atomic E-state index is 9.61. The minimum atomic E-state index is 0.139. The molecule has 0 spiro atoms. The van der Waals surface area contributed by atoms with Crippen molar-refractivity contribution >= 4 is 31.9 Å². The number of unbranched alkanes of at least 4 members (excludes halogenated alkanes) is 5. The number of hydrogen-bond donors (Lipinski definition) is 4. The number of halogens is 2. The van der Waals surface area contributed by atoms with E-state index in [1.54, 1.807) is 0 Å². The first-order chi connectivity index (χ1) is 11.6. The van der Waals surface area contributed by atoms with Gasteiger partial charge in [-0.3, -0.25) is 0 Å². The molecule has 0 radical (unpaired) electrons. The van der Waals surface area contributed by atoms with E-state index in [4.69, 9.17) is 10.2 Å². The lowest BCUT2D eigenvalue weighted by atomic mass is 10.0. The van der Waals surface area contributed by atoms with Crippen molar-refractivity contribution in [2.75, 3.05) is 26.3 Å². The van der Waals surface area contributed by atoms with Crippen molar-refractivity contribution in [2.45, 2.75) is 51.9 Å². The SMILES string of the molecule is CCCCCCCCc1cc(Br)c(O)c(Br)c1.OCCNCCO. The Morgan fingerprint density at radius 2 is 1.38 bits per heavy atom. The van der Waals surface area contributed by atoms with Crippen LogP contribution in [-0.4, -0.2) is 41.6 Å². The molecular weight excluding hydrogens is 438 g/mol. The Balaban J connectivity index is 0.000000640. The third kappa shape index (κ3) is 12.3. The molecule has 0 amide bonds. The van der Waals surface area contributed by atoms with Gasteiger partial charge in [-0.15, -0.1) is 0 Å². The summed E-state index contributed by atoms with van der Waals surface area (Å²) in [6.45, 7) is 3.66. The van der Waals surface area contributed by atoms with Gasteiger partial charge in [0.05, 0.1) is 22.2 Å². The number of aliphatic hydroxyl groups excluding tert-OH is 2. The number of aryl methyl sites for hydroxylation is 1. The van der Waals surface area contributed by atoms with Crippen molar-refractivity contribution in [1.82, 2.24) is 5.32 Å². The van der Waals surface area contributed by atoms with E-state index in [-0.39, 0.29) is 19.0 Å². The minimum Gasteiger partial charge on any atom is -0.506 e. The Hall–Kier alpha value is -0.140. The highest BCUT2D eigenvalue weighted by Gasteiger charge is 2.05. The molecule has 24 heavy (non-hydrogen) atoms. The van der Waals surface area contributed by atoms with Crippen molar-refractivity contribution in [3.05, 3.63) is 26.6 Å². The van der Waals surface area contributed by atoms with Crippen LogP contribution in [0.4, 0.5) is 0 Å². The van der Waals surface area contributed by atoms with Gasteiger partial charge in [0.2, 0.25) is 0 Å². The van der Waals surface area contributed by atoms with E-state index in [2.05, 4.69) is 44.1 Å². The molecule has 1 rings (SSSR count). The third-order valence-corrected chi connectivity index (χ3v) is 4.68. The van der Waals surface area contributed by atoms with Crippen molar-refractivity contribution in [3.8, 4) is 5.75 Å². The summed E-state index contributed by atoms with van der Waals surface area (Å²) in [4.78, 5) is 0. The first kappa shape index (κ1) is 23.9. The van der Waals surface area contributed by atoms with Gasteiger partial charge in [-0.05, 0) is 62.4 Å². The van der Waals surface area contributed by atoms with E-state index in [9.17, 15) is 5.11 Å². The van der Waals surface area contributed by atoms with Gasteiger partial charge >= 0.3 is 0 Å². The maximum Gasteiger partial charge on any atom is 0.143 e. The van der Waals surface area contributed by atoms with Gasteiger partial charge in [0, 0.05) is 13.1 Å². The second-order valence-electron chi connectivity index (χ2n) is 5.62.